The maximum atomic E-state index is 2.63. The first-order valence-electron chi connectivity index (χ1n) is 18.8. The fourth-order valence-electron chi connectivity index (χ4n) is 8.37. The molecule has 6 aromatic rings. The summed E-state index contributed by atoms with van der Waals surface area (Å²) in [5.74, 6) is 0. The third-order valence-corrected chi connectivity index (χ3v) is 29.5. The quantitative estimate of drug-likeness (QED) is 0.205. The summed E-state index contributed by atoms with van der Waals surface area (Å²) in [6.45, 7) is 14.4. The SMILES string of the molecule is CC(C)(C)c1cc2c(cc1-c1ccccc1)Cc1c-2cc(C(C)(C)C)c(-c2ccccc2)[c]1[Zr+2]([C]1=CC=CC1)=[Si](c1ccccc1)c1ccccc1.[Cl-].[Cl-]. The molecule has 2 aliphatic rings. The van der Waals surface area contributed by atoms with E-state index < -0.39 is 25.8 Å². The summed E-state index contributed by atoms with van der Waals surface area (Å²) >= 11 is -2.81. The van der Waals surface area contributed by atoms with E-state index in [0.29, 0.717) is 0 Å². The Balaban J connectivity index is 0.00000249. The summed E-state index contributed by atoms with van der Waals surface area (Å²) in [6.07, 6.45) is 9.35. The molecule has 0 saturated carbocycles. The van der Waals surface area contributed by atoms with Crippen molar-refractivity contribution in [2.75, 3.05) is 0 Å². The van der Waals surface area contributed by atoms with E-state index in [1.165, 1.54) is 50.1 Å². The van der Waals surface area contributed by atoms with Gasteiger partial charge in [-0.1, -0.05) is 0 Å². The molecule has 0 unspecified atom stereocenters. The second-order valence-corrected chi connectivity index (χ2v) is 29.7. The number of halogens is 2. The van der Waals surface area contributed by atoms with Crippen LogP contribution in [0.4, 0.5) is 0 Å². The predicted octanol–water partition coefficient (Wildman–Crippen LogP) is 5.09. The van der Waals surface area contributed by atoms with Crippen LogP contribution < -0.4 is 38.5 Å². The number of allylic oxidation sites excluding steroid dienone is 4. The van der Waals surface area contributed by atoms with E-state index in [1.807, 2.05) is 0 Å². The molecule has 0 saturated heterocycles. The summed E-state index contributed by atoms with van der Waals surface area (Å²) < 4.78 is 3.47. The van der Waals surface area contributed by atoms with Gasteiger partial charge in [0.25, 0.3) is 0 Å². The topological polar surface area (TPSA) is 0 Å². The molecule has 270 valence electrons. The van der Waals surface area contributed by atoms with Crippen LogP contribution in [0.3, 0.4) is 0 Å². The number of hydrogen-bond acceptors (Lipinski definition) is 0. The summed E-state index contributed by atoms with van der Waals surface area (Å²) in [5.41, 5.74) is 13.3. The number of hydrogen-bond donors (Lipinski definition) is 0. The van der Waals surface area contributed by atoms with Crippen LogP contribution in [-0.2, 0) is 37.6 Å². The summed E-state index contributed by atoms with van der Waals surface area (Å²) in [6, 6.07) is 53.5. The van der Waals surface area contributed by atoms with Gasteiger partial charge < -0.3 is 24.8 Å². The Bertz CT molecular complexity index is 2340. The van der Waals surface area contributed by atoms with Gasteiger partial charge in [0.15, 0.2) is 0 Å². The van der Waals surface area contributed by atoms with Crippen molar-refractivity contribution in [1.82, 2.24) is 0 Å². The maximum absolute atomic E-state index is 2.81. The molecule has 0 bridgehead atoms. The molecule has 0 aliphatic heterocycles. The first-order chi connectivity index (χ1) is 25.1. The Kier molecular flexibility index (Phi) is 12.1. The van der Waals surface area contributed by atoms with Gasteiger partial charge in [-0.05, 0) is 0 Å². The zero-order valence-electron chi connectivity index (χ0n) is 32.2. The average Bonchev–Trinajstić information content (AvgIpc) is 3.82. The molecule has 6 aromatic carbocycles. The largest absolute Gasteiger partial charge is 1.00 e. The smallest absolute Gasteiger partial charge is 1.00 e. The zero-order chi connectivity index (χ0) is 36.0. The van der Waals surface area contributed by atoms with Gasteiger partial charge in [0.2, 0.25) is 0 Å². The molecular formula is C50H48Cl2SiZr. The Morgan fingerprint density at radius 1 is 0.537 bits per heavy atom. The Morgan fingerprint density at radius 2 is 1.04 bits per heavy atom. The van der Waals surface area contributed by atoms with Crippen LogP contribution in [0.2, 0.25) is 0 Å². The van der Waals surface area contributed by atoms with E-state index >= 15 is 0 Å². The van der Waals surface area contributed by atoms with E-state index in [9.17, 15) is 0 Å². The fraction of sp³-hybridized carbons (Fsp3) is 0.200. The van der Waals surface area contributed by atoms with Crippen LogP contribution in [0, 0.1) is 0 Å². The molecule has 0 spiro atoms. The average molecular weight is 839 g/mol. The molecule has 0 radical (unpaired) electrons. The minimum absolute atomic E-state index is 0. The van der Waals surface area contributed by atoms with E-state index in [2.05, 4.69) is 199 Å². The third kappa shape index (κ3) is 7.66. The van der Waals surface area contributed by atoms with Gasteiger partial charge in [-0.25, -0.2) is 0 Å². The minimum Gasteiger partial charge on any atom is -1.00 e. The summed E-state index contributed by atoms with van der Waals surface area (Å²) in [4.78, 5) is 0. The molecule has 0 heterocycles. The fourth-order valence-corrected chi connectivity index (χ4v) is 29.4. The van der Waals surface area contributed by atoms with Crippen LogP contribution in [-0.4, -0.2) is 5.43 Å². The van der Waals surface area contributed by atoms with E-state index in [-0.39, 0.29) is 35.6 Å². The predicted molar refractivity (Wildman–Crippen MR) is 222 cm³/mol. The van der Waals surface area contributed by atoms with Crippen molar-refractivity contribution >= 4 is 19.1 Å². The summed E-state index contributed by atoms with van der Waals surface area (Å²) in [5, 5.41) is 3.10. The second-order valence-electron chi connectivity index (χ2n) is 16.5. The first kappa shape index (κ1) is 40.2. The van der Waals surface area contributed by atoms with Gasteiger partial charge >= 0.3 is 321 Å². The van der Waals surface area contributed by atoms with Crippen molar-refractivity contribution in [2.45, 2.75) is 65.2 Å². The molecular weight excluding hydrogens is 791 g/mol. The molecule has 0 fully saturated rings. The van der Waals surface area contributed by atoms with E-state index in [4.69, 9.17) is 0 Å². The van der Waals surface area contributed by atoms with E-state index in [1.54, 1.807) is 22.5 Å². The third-order valence-electron chi connectivity index (χ3n) is 10.8. The van der Waals surface area contributed by atoms with Crippen LogP contribution >= 0.6 is 0 Å². The van der Waals surface area contributed by atoms with Crippen molar-refractivity contribution in [3.8, 4) is 33.4 Å². The molecule has 0 aromatic heterocycles. The number of benzene rings is 6. The Morgan fingerprint density at radius 3 is 1.54 bits per heavy atom. The molecule has 0 atom stereocenters. The molecule has 0 nitrogen and oxygen atoms in total. The van der Waals surface area contributed by atoms with Crippen molar-refractivity contribution in [2.24, 2.45) is 0 Å². The number of rotatable bonds is 6. The molecule has 0 amide bonds. The molecule has 54 heavy (non-hydrogen) atoms. The Labute approximate surface area is 343 Å². The van der Waals surface area contributed by atoms with Gasteiger partial charge in [-0.15, -0.1) is 0 Å². The van der Waals surface area contributed by atoms with Crippen molar-refractivity contribution in [3.63, 3.8) is 0 Å². The monoisotopic (exact) mass is 836 g/mol. The molecule has 0 N–H and O–H groups in total. The molecule has 4 heteroatoms. The van der Waals surface area contributed by atoms with Gasteiger partial charge in [-0.3, -0.25) is 0 Å². The molecule has 8 rings (SSSR count). The van der Waals surface area contributed by atoms with Crippen molar-refractivity contribution in [3.05, 3.63) is 183 Å². The first-order valence-corrected chi connectivity index (χ1v) is 26.4. The van der Waals surface area contributed by atoms with Gasteiger partial charge in [0.05, 0.1) is 0 Å². The number of fused-ring (bicyclic) bond motifs is 3. The Hall–Kier alpha value is -3.52. The van der Waals surface area contributed by atoms with Crippen LogP contribution in [0.25, 0.3) is 33.4 Å². The van der Waals surface area contributed by atoms with Gasteiger partial charge in [0.1, 0.15) is 0 Å². The minimum atomic E-state index is -2.81. The van der Waals surface area contributed by atoms with Crippen molar-refractivity contribution < 1.29 is 45.2 Å². The van der Waals surface area contributed by atoms with Crippen LogP contribution in [0.1, 0.15) is 70.2 Å². The van der Waals surface area contributed by atoms with Gasteiger partial charge in [-0.2, -0.15) is 0 Å². The summed E-state index contributed by atoms with van der Waals surface area (Å²) in [7, 11) is 0. The van der Waals surface area contributed by atoms with Crippen LogP contribution in [0.15, 0.2) is 161 Å². The molecule has 2 aliphatic carbocycles. The van der Waals surface area contributed by atoms with Crippen molar-refractivity contribution in [1.29, 1.82) is 0 Å². The van der Waals surface area contributed by atoms with E-state index in [0.717, 1.165) is 12.8 Å². The zero-order valence-corrected chi connectivity index (χ0v) is 37.2. The normalized spacial score (nSPS) is 12.8. The second kappa shape index (κ2) is 16.3. The van der Waals surface area contributed by atoms with Crippen LogP contribution in [0.5, 0.6) is 0 Å². The standard InChI is InChI=1S/C33H33.C12H10Si.C5H5.2ClH.Zr/c1-32(2,3)30-20-26-24(18-28(30)22-13-9-7-10-14-22)17-25-19-29(23-15-11-8-12-16-23)31(21-27(25)26)33(4,5)6;1-3-7-11(8-4-1)13-12-9-5-2-6-10-12;1-2-4-5-3-1;;;/h7-16,18,20-21H,17H2,1-6H3;1-10H;1-3H,4H2;2*1H;/q;;;;;+2/p-2. The maximum Gasteiger partial charge on any atom is -1.00 e. The van der Waals surface area contributed by atoms with Gasteiger partial charge in [0, 0.05) is 0 Å².